The molecule has 0 aliphatic heterocycles. The highest BCUT2D eigenvalue weighted by Gasteiger charge is 2.05. The Morgan fingerprint density at radius 3 is 0.800 bits per heavy atom. The van der Waals surface area contributed by atoms with Crippen molar-refractivity contribution in [2.75, 3.05) is 7.11 Å². The third-order valence-corrected chi connectivity index (χ3v) is 7.19. The highest BCUT2D eigenvalue weighted by molar-refractivity contribution is 5.72. The number of ether oxygens (including phenoxy) is 2. The van der Waals surface area contributed by atoms with Crippen LogP contribution in [0.5, 0.6) is 17.2 Å². The van der Waals surface area contributed by atoms with Gasteiger partial charge < -0.3 is 9.47 Å². The van der Waals surface area contributed by atoms with Crippen LogP contribution in [0.25, 0.3) is 44.5 Å². The Balaban J connectivity index is 1.09. The number of aryl methyl sites for hydroxylation is 1. The molecule has 6 aromatic carbocycles. The van der Waals surface area contributed by atoms with Gasteiger partial charge in [0.25, 0.3) is 0 Å². The van der Waals surface area contributed by atoms with Gasteiger partial charge in [-0.3, -0.25) is 0 Å². The van der Waals surface area contributed by atoms with E-state index in [1.54, 1.807) is 7.11 Å². The minimum atomic E-state index is 0.814. The molecule has 2 nitrogen and oxygen atoms in total. The van der Waals surface area contributed by atoms with Gasteiger partial charge in [-0.15, -0.1) is 0 Å². The molecule has 0 saturated heterocycles. The molecule has 0 aromatic heterocycles. The van der Waals surface area contributed by atoms with Gasteiger partial charge in [-0.2, -0.15) is 0 Å². The lowest BCUT2D eigenvalue weighted by Crippen LogP contribution is -1.86. The molecule has 0 radical (unpaired) electrons. The molecule has 2 heteroatoms. The molecule has 0 amide bonds. The lowest BCUT2D eigenvalue weighted by molar-refractivity contribution is 0.415. The van der Waals surface area contributed by atoms with E-state index in [0.717, 1.165) is 28.4 Å². The third-order valence-electron chi connectivity index (χ3n) is 7.19. The first-order valence-electron chi connectivity index (χ1n) is 13.4. The van der Waals surface area contributed by atoms with Gasteiger partial charge in [0.1, 0.15) is 17.2 Å². The normalized spacial score (nSPS) is 10.8. The quantitative estimate of drug-likeness (QED) is 0.209. The molecule has 6 aromatic rings. The van der Waals surface area contributed by atoms with Crippen LogP contribution in [0, 0.1) is 6.92 Å². The van der Waals surface area contributed by atoms with Crippen molar-refractivity contribution in [3.63, 3.8) is 0 Å². The highest BCUT2D eigenvalue weighted by Crippen LogP contribution is 2.31. The SMILES string of the molecule is COc1ccc(-c2ccc(-c3ccc(Oc4ccc(-c5ccc(-c6ccc(C)cc6)cc5)cc4)cc3)cc2)cc1. The average molecular weight is 519 g/mol. The molecule has 0 aliphatic rings. The minimum Gasteiger partial charge on any atom is -0.497 e. The summed E-state index contributed by atoms with van der Waals surface area (Å²) in [5.41, 5.74) is 10.7. The maximum Gasteiger partial charge on any atom is 0.127 e. The topological polar surface area (TPSA) is 18.5 Å². The van der Waals surface area contributed by atoms with Gasteiger partial charge in [-0.25, -0.2) is 0 Å². The lowest BCUT2D eigenvalue weighted by Gasteiger charge is -2.10. The Hall–Kier alpha value is -5.08. The monoisotopic (exact) mass is 518 g/mol. The molecule has 0 N–H and O–H groups in total. The standard InChI is InChI=1S/C38H30O2/c1-27-3-5-28(6-4-27)29-7-9-31(10-8-29)34-17-23-37(24-18-34)40-38-25-19-35(20-26-38)32-13-11-30(12-14-32)33-15-21-36(39-2)22-16-33/h3-26H,1-2H3. The van der Waals surface area contributed by atoms with Crippen LogP contribution in [0.3, 0.4) is 0 Å². The summed E-state index contributed by atoms with van der Waals surface area (Å²) in [6.45, 7) is 2.11. The minimum absolute atomic E-state index is 0.814. The maximum absolute atomic E-state index is 6.13. The summed E-state index contributed by atoms with van der Waals surface area (Å²) in [5.74, 6) is 2.49. The van der Waals surface area contributed by atoms with Crippen molar-refractivity contribution < 1.29 is 9.47 Å². The smallest absolute Gasteiger partial charge is 0.127 e. The van der Waals surface area contributed by atoms with E-state index in [0.29, 0.717) is 0 Å². The maximum atomic E-state index is 6.13. The summed E-state index contributed by atoms with van der Waals surface area (Å²) in [4.78, 5) is 0. The molecule has 0 spiro atoms. The molecular weight excluding hydrogens is 488 g/mol. The van der Waals surface area contributed by atoms with Gasteiger partial charge >= 0.3 is 0 Å². The number of methoxy groups -OCH3 is 1. The molecule has 194 valence electrons. The second-order valence-corrected chi connectivity index (χ2v) is 9.90. The molecular formula is C38H30O2. The summed E-state index contributed by atoms with van der Waals surface area (Å²) < 4.78 is 11.4. The van der Waals surface area contributed by atoms with Gasteiger partial charge in [0.2, 0.25) is 0 Å². The van der Waals surface area contributed by atoms with E-state index in [-0.39, 0.29) is 0 Å². The lowest BCUT2D eigenvalue weighted by atomic mass is 10.00. The number of hydrogen-bond donors (Lipinski definition) is 0. The van der Waals surface area contributed by atoms with Crippen molar-refractivity contribution in [2.24, 2.45) is 0 Å². The summed E-state index contributed by atoms with van der Waals surface area (Å²) in [7, 11) is 1.68. The first-order valence-corrected chi connectivity index (χ1v) is 13.4. The van der Waals surface area contributed by atoms with Crippen LogP contribution >= 0.6 is 0 Å². The third kappa shape index (κ3) is 5.67. The van der Waals surface area contributed by atoms with Crippen molar-refractivity contribution in [3.05, 3.63) is 151 Å². The van der Waals surface area contributed by atoms with Crippen LogP contribution in [-0.4, -0.2) is 7.11 Å². The zero-order chi connectivity index (χ0) is 27.3. The van der Waals surface area contributed by atoms with Crippen molar-refractivity contribution >= 4 is 0 Å². The number of rotatable bonds is 7. The number of benzene rings is 6. The summed E-state index contributed by atoms with van der Waals surface area (Å²) >= 11 is 0. The summed E-state index contributed by atoms with van der Waals surface area (Å²) in [6.07, 6.45) is 0. The Bertz CT molecular complexity index is 1680. The van der Waals surface area contributed by atoms with Gasteiger partial charge in [-0.1, -0.05) is 115 Å². The fourth-order valence-electron chi connectivity index (χ4n) is 4.81. The van der Waals surface area contributed by atoms with Crippen LogP contribution in [-0.2, 0) is 0 Å². The van der Waals surface area contributed by atoms with Crippen molar-refractivity contribution in [2.45, 2.75) is 6.92 Å². The van der Waals surface area contributed by atoms with Crippen molar-refractivity contribution in [3.8, 4) is 61.8 Å². The average Bonchev–Trinajstić information content (AvgIpc) is 3.02. The Labute approximate surface area is 236 Å². The van der Waals surface area contributed by atoms with Gasteiger partial charge in [0.05, 0.1) is 7.11 Å². The van der Waals surface area contributed by atoms with Crippen molar-refractivity contribution in [1.29, 1.82) is 0 Å². The Morgan fingerprint density at radius 1 is 0.300 bits per heavy atom. The molecule has 0 heterocycles. The van der Waals surface area contributed by atoms with E-state index >= 15 is 0 Å². The predicted octanol–water partition coefficient (Wildman–Crippen LogP) is 10.5. The van der Waals surface area contributed by atoms with Crippen LogP contribution in [0.15, 0.2) is 146 Å². The van der Waals surface area contributed by atoms with E-state index in [2.05, 4.69) is 116 Å². The van der Waals surface area contributed by atoms with Crippen LogP contribution in [0.4, 0.5) is 0 Å². The van der Waals surface area contributed by atoms with Gasteiger partial charge in [0.15, 0.2) is 0 Å². The molecule has 0 unspecified atom stereocenters. The van der Waals surface area contributed by atoms with Crippen LogP contribution in [0.2, 0.25) is 0 Å². The summed E-state index contributed by atoms with van der Waals surface area (Å²) in [6, 6.07) is 50.6. The molecule has 0 saturated carbocycles. The van der Waals surface area contributed by atoms with Crippen LogP contribution < -0.4 is 9.47 Å². The van der Waals surface area contributed by atoms with Crippen molar-refractivity contribution in [1.82, 2.24) is 0 Å². The van der Waals surface area contributed by atoms with E-state index in [9.17, 15) is 0 Å². The fourth-order valence-corrected chi connectivity index (χ4v) is 4.81. The molecule has 0 fully saturated rings. The zero-order valence-corrected chi connectivity index (χ0v) is 22.7. The molecule has 0 bridgehead atoms. The van der Waals surface area contributed by atoms with E-state index in [1.807, 2.05) is 36.4 Å². The second-order valence-electron chi connectivity index (χ2n) is 9.90. The summed E-state index contributed by atoms with van der Waals surface area (Å²) in [5, 5.41) is 0. The van der Waals surface area contributed by atoms with Gasteiger partial charge in [-0.05, 0) is 87.8 Å². The number of hydrogen-bond acceptors (Lipinski definition) is 2. The van der Waals surface area contributed by atoms with E-state index in [4.69, 9.17) is 9.47 Å². The fraction of sp³-hybridized carbons (Fsp3) is 0.0526. The van der Waals surface area contributed by atoms with Gasteiger partial charge in [0, 0.05) is 0 Å². The largest absolute Gasteiger partial charge is 0.497 e. The highest BCUT2D eigenvalue weighted by atomic mass is 16.5. The zero-order valence-electron chi connectivity index (χ0n) is 22.7. The Morgan fingerprint density at radius 2 is 0.525 bits per heavy atom. The Kier molecular flexibility index (Phi) is 7.15. The molecule has 6 rings (SSSR count). The molecule has 40 heavy (non-hydrogen) atoms. The van der Waals surface area contributed by atoms with Crippen LogP contribution in [0.1, 0.15) is 5.56 Å². The first-order chi connectivity index (χ1) is 19.6. The predicted molar refractivity (Wildman–Crippen MR) is 166 cm³/mol. The van der Waals surface area contributed by atoms with E-state index in [1.165, 1.54) is 38.9 Å². The molecule has 0 atom stereocenters. The molecule has 0 aliphatic carbocycles. The van der Waals surface area contributed by atoms with E-state index < -0.39 is 0 Å². The second kappa shape index (κ2) is 11.3. The first kappa shape index (κ1) is 25.2.